The molecule has 2 heterocycles. The average molecular weight is 306 g/mol. The van der Waals surface area contributed by atoms with Crippen LogP contribution < -0.4 is 10.1 Å². The fourth-order valence-electron chi connectivity index (χ4n) is 2.99. The number of amides is 1. The summed E-state index contributed by atoms with van der Waals surface area (Å²) in [5.41, 5.74) is 3.87. The highest BCUT2D eigenvalue weighted by Gasteiger charge is 2.26. The third kappa shape index (κ3) is 2.09. The maximum absolute atomic E-state index is 12.0. The number of carbonyl (C=O) groups is 1. The summed E-state index contributed by atoms with van der Waals surface area (Å²) in [5, 5.41) is 13.5. The second kappa shape index (κ2) is 4.98. The largest absolute Gasteiger partial charge is 0.508 e. The fraction of sp³-hybridized carbons (Fsp3) is 0.111. The summed E-state index contributed by atoms with van der Waals surface area (Å²) in [4.78, 5) is 16.5. The predicted octanol–water partition coefficient (Wildman–Crippen LogP) is 2.86. The maximum Gasteiger partial charge on any atom is 0.270 e. The summed E-state index contributed by atoms with van der Waals surface area (Å²) in [6, 6.07) is 12.6. The van der Waals surface area contributed by atoms with Crippen molar-refractivity contribution in [2.24, 2.45) is 0 Å². The van der Waals surface area contributed by atoms with E-state index in [0.29, 0.717) is 17.8 Å². The van der Waals surface area contributed by atoms with Gasteiger partial charge < -0.3 is 15.2 Å². The average Bonchev–Trinajstić information content (AvgIpc) is 2.94. The van der Waals surface area contributed by atoms with Gasteiger partial charge in [-0.15, -0.1) is 0 Å². The van der Waals surface area contributed by atoms with E-state index in [1.165, 1.54) is 0 Å². The Morgan fingerprint density at radius 2 is 1.96 bits per heavy atom. The molecule has 114 valence electrons. The first-order valence-electron chi connectivity index (χ1n) is 7.25. The third-order valence-electron chi connectivity index (χ3n) is 4.09. The first kappa shape index (κ1) is 13.6. The molecule has 23 heavy (non-hydrogen) atoms. The van der Waals surface area contributed by atoms with E-state index in [4.69, 9.17) is 4.74 Å². The first-order valence-corrected chi connectivity index (χ1v) is 7.25. The molecule has 0 saturated heterocycles. The lowest BCUT2D eigenvalue weighted by Gasteiger charge is -2.12. The second-order valence-corrected chi connectivity index (χ2v) is 5.43. The highest BCUT2D eigenvalue weighted by atomic mass is 16.5. The number of aromatic hydroxyl groups is 1. The van der Waals surface area contributed by atoms with Gasteiger partial charge in [0.25, 0.3) is 5.91 Å². The van der Waals surface area contributed by atoms with Gasteiger partial charge in [-0.05, 0) is 41.5 Å². The number of methoxy groups -OCH3 is 1. The molecule has 1 aliphatic rings. The molecule has 0 unspecified atom stereocenters. The van der Waals surface area contributed by atoms with Crippen molar-refractivity contribution in [2.45, 2.75) is 6.54 Å². The normalized spacial score (nSPS) is 13.0. The molecule has 3 aromatic rings. The smallest absolute Gasteiger partial charge is 0.270 e. The Hall–Kier alpha value is -3.08. The molecule has 1 aliphatic heterocycles. The number of fused-ring (bicyclic) bond motifs is 2. The number of rotatable bonds is 2. The van der Waals surface area contributed by atoms with E-state index in [1.807, 2.05) is 24.3 Å². The lowest BCUT2D eigenvalue weighted by Crippen LogP contribution is -2.13. The zero-order valence-corrected chi connectivity index (χ0v) is 12.5. The van der Waals surface area contributed by atoms with Gasteiger partial charge >= 0.3 is 0 Å². The highest BCUT2D eigenvalue weighted by Crippen LogP contribution is 2.36. The number of phenolic OH excluding ortho intramolecular Hbond substituents is 1. The van der Waals surface area contributed by atoms with Gasteiger partial charge in [0.2, 0.25) is 0 Å². The molecule has 1 amide bonds. The van der Waals surface area contributed by atoms with Crippen molar-refractivity contribution in [3.63, 3.8) is 0 Å². The van der Waals surface area contributed by atoms with Crippen molar-refractivity contribution in [1.82, 2.24) is 10.3 Å². The van der Waals surface area contributed by atoms with Crippen molar-refractivity contribution < 1.29 is 14.6 Å². The number of pyridine rings is 1. The summed E-state index contributed by atoms with van der Waals surface area (Å²) in [6.45, 7) is 0.439. The number of nitrogens with zero attached hydrogens (tertiary/aromatic N) is 1. The zero-order valence-electron chi connectivity index (χ0n) is 12.5. The number of carbonyl (C=O) groups excluding carboxylic acids is 1. The Morgan fingerprint density at radius 3 is 2.70 bits per heavy atom. The van der Waals surface area contributed by atoms with E-state index in [1.54, 1.807) is 25.3 Å². The Kier molecular flexibility index (Phi) is 2.94. The fourth-order valence-corrected chi connectivity index (χ4v) is 2.99. The molecule has 5 nitrogen and oxygen atoms in total. The number of nitrogens with one attached hydrogen (secondary N) is 1. The second-order valence-electron chi connectivity index (χ2n) is 5.43. The van der Waals surface area contributed by atoms with Crippen LogP contribution >= 0.6 is 0 Å². The van der Waals surface area contributed by atoms with Gasteiger partial charge in [-0.3, -0.25) is 4.79 Å². The first-order chi connectivity index (χ1) is 11.2. The van der Waals surface area contributed by atoms with Crippen molar-refractivity contribution in [3.05, 3.63) is 53.7 Å². The quantitative estimate of drug-likeness (QED) is 0.763. The molecule has 0 radical (unpaired) electrons. The molecule has 1 aromatic heterocycles. The van der Waals surface area contributed by atoms with Crippen LogP contribution in [0.3, 0.4) is 0 Å². The number of ether oxygens (including phenoxy) is 1. The van der Waals surface area contributed by atoms with Crippen molar-refractivity contribution in [2.75, 3.05) is 7.11 Å². The van der Waals surface area contributed by atoms with E-state index in [9.17, 15) is 9.90 Å². The van der Waals surface area contributed by atoms with E-state index in [2.05, 4.69) is 10.3 Å². The molecular weight excluding hydrogens is 292 g/mol. The lowest BCUT2D eigenvalue weighted by atomic mass is 9.95. The van der Waals surface area contributed by atoms with E-state index < -0.39 is 0 Å². The number of aromatic nitrogens is 1. The van der Waals surface area contributed by atoms with E-state index >= 15 is 0 Å². The van der Waals surface area contributed by atoms with Crippen molar-refractivity contribution in [3.8, 4) is 22.6 Å². The number of hydrogen-bond acceptors (Lipinski definition) is 4. The molecule has 2 aromatic carbocycles. The standard InChI is InChI=1S/C18H14N2O3/c1-23-12-5-2-10(3-6-12)16-13-8-11(21)4-7-15(13)20-17-14(16)9-19-18(17)22/h2-8,21H,9H2,1H3,(H,19,22). The minimum atomic E-state index is -0.162. The molecular formula is C18H14N2O3. The van der Waals surface area contributed by atoms with Gasteiger partial charge in [-0.1, -0.05) is 12.1 Å². The van der Waals surface area contributed by atoms with Crippen LogP contribution in [0.25, 0.3) is 22.0 Å². The van der Waals surface area contributed by atoms with Crippen LogP contribution in [-0.4, -0.2) is 23.1 Å². The van der Waals surface area contributed by atoms with Gasteiger partial charge in [0.1, 0.15) is 17.2 Å². The monoisotopic (exact) mass is 306 g/mol. The number of benzene rings is 2. The minimum absolute atomic E-state index is 0.162. The number of phenols is 1. The van der Waals surface area contributed by atoms with Gasteiger partial charge in [0.15, 0.2) is 0 Å². The van der Waals surface area contributed by atoms with E-state index in [-0.39, 0.29) is 11.7 Å². The van der Waals surface area contributed by atoms with E-state index in [0.717, 1.165) is 27.8 Å². The summed E-state index contributed by atoms with van der Waals surface area (Å²) in [7, 11) is 1.62. The molecule has 0 saturated carbocycles. The topological polar surface area (TPSA) is 71.5 Å². The zero-order chi connectivity index (χ0) is 16.0. The SMILES string of the molecule is COc1ccc(-c2c3c(nc4ccc(O)cc24)C(=O)NC3)cc1. The summed E-state index contributed by atoms with van der Waals surface area (Å²) < 4.78 is 5.20. The molecule has 0 spiro atoms. The molecule has 0 fully saturated rings. The Labute approximate surface area is 132 Å². The summed E-state index contributed by atoms with van der Waals surface area (Å²) >= 11 is 0. The van der Waals surface area contributed by atoms with Crippen molar-refractivity contribution in [1.29, 1.82) is 0 Å². The van der Waals surface area contributed by atoms with Crippen molar-refractivity contribution >= 4 is 16.8 Å². The summed E-state index contributed by atoms with van der Waals surface area (Å²) in [5.74, 6) is 0.775. The van der Waals surface area contributed by atoms with Crippen LogP contribution in [0.2, 0.25) is 0 Å². The van der Waals surface area contributed by atoms with Crippen LogP contribution in [0.4, 0.5) is 0 Å². The highest BCUT2D eigenvalue weighted by molar-refractivity contribution is 6.06. The Balaban J connectivity index is 2.06. The Morgan fingerprint density at radius 1 is 1.17 bits per heavy atom. The minimum Gasteiger partial charge on any atom is -0.508 e. The van der Waals surface area contributed by atoms with Gasteiger partial charge in [0, 0.05) is 17.5 Å². The molecule has 0 bridgehead atoms. The van der Waals surface area contributed by atoms with Crippen LogP contribution in [0.1, 0.15) is 16.1 Å². The van der Waals surface area contributed by atoms with Crippen LogP contribution in [0, 0.1) is 0 Å². The van der Waals surface area contributed by atoms with Crippen LogP contribution in [0.5, 0.6) is 11.5 Å². The van der Waals surface area contributed by atoms with Crippen LogP contribution in [-0.2, 0) is 6.54 Å². The summed E-state index contributed by atoms with van der Waals surface area (Å²) in [6.07, 6.45) is 0. The molecule has 0 aliphatic carbocycles. The predicted molar refractivity (Wildman–Crippen MR) is 86.6 cm³/mol. The third-order valence-corrected chi connectivity index (χ3v) is 4.09. The molecule has 5 heteroatoms. The number of hydrogen-bond donors (Lipinski definition) is 2. The van der Waals surface area contributed by atoms with Gasteiger partial charge in [0.05, 0.1) is 12.6 Å². The molecule has 0 atom stereocenters. The van der Waals surface area contributed by atoms with Gasteiger partial charge in [-0.25, -0.2) is 4.98 Å². The molecule has 4 rings (SSSR count). The maximum atomic E-state index is 12.0. The Bertz CT molecular complexity index is 933. The van der Waals surface area contributed by atoms with Crippen LogP contribution in [0.15, 0.2) is 42.5 Å². The lowest BCUT2D eigenvalue weighted by molar-refractivity contribution is 0.0962. The van der Waals surface area contributed by atoms with Gasteiger partial charge in [-0.2, -0.15) is 0 Å². The molecule has 2 N–H and O–H groups in total.